The van der Waals surface area contributed by atoms with Gasteiger partial charge in [-0.05, 0) is 67.5 Å². The maximum atomic E-state index is 12.4. The molecule has 0 atom stereocenters. The molecule has 1 spiro atoms. The van der Waals surface area contributed by atoms with E-state index in [-0.39, 0.29) is 11.5 Å². The molecule has 1 amide bonds. The first kappa shape index (κ1) is 18.8. The van der Waals surface area contributed by atoms with Crippen LogP contribution in [0.15, 0.2) is 77.5 Å². The van der Waals surface area contributed by atoms with E-state index in [9.17, 15) is 4.79 Å². The number of halogens is 1. The van der Waals surface area contributed by atoms with E-state index in [2.05, 4.69) is 16.4 Å². The molecule has 0 radical (unpaired) electrons. The molecule has 4 nitrogen and oxygen atoms in total. The first-order valence-corrected chi connectivity index (χ1v) is 10.1. The summed E-state index contributed by atoms with van der Waals surface area (Å²) in [5.41, 5.74) is 1.57. The van der Waals surface area contributed by atoms with E-state index >= 15 is 0 Å². The molecule has 0 aromatic heterocycles. The lowest BCUT2D eigenvalue weighted by Crippen LogP contribution is -2.40. The summed E-state index contributed by atoms with van der Waals surface area (Å²) in [7, 11) is 0. The van der Waals surface area contributed by atoms with Gasteiger partial charge in [-0.25, -0.2) is 4.99 Å². The molecular weight excluding hydrogens is 372 g/mol. The van der Waals surface area contributed by atoms with Gasteiger partial charge in [0.2, 0.25) is 11.8 Å². The fourth-order valence-corrected chi connectivity index (χ4v) is 4.15. The Morgan fingerprint density at radius 3 is 2.71 bits per heavy atom. The summed E-state index contributed by atoms with van der Waals surface area (Å²) in [5.74, 6) is 1.04. The Kier molecular flexibility index (Phi) is 5.49. The molecule has 4 rings (SSSR count). The molecule has 2 heterocycles. The summed E-state index contributed by atoms with van der Waals surface area (Å²) in [6.45, 7) is 0. The van der Waals surface area contributed by atoms with Crippen LogP contribution in [0.1, 0.15) is 32.1 Å². The number of fused-ring (bicyclic) bond motifs is 1. The lowest BCUT2D eigenvalue weighted by Gasteiger charge is -2.40. The summed E-state index contributed by atoms with van der Waals surface area (Å²) < 4.78 is 6.36. The predicted molar refractivity (Wildman–Crippen MR) is 113 cm³/mol. The standard InChI is InChI=1S/C23H23ClN2O2/c24-19-6-8-20(9-7-19)26-21(27)16-17-10-13-23(14-11-17)18-4-2-1-3-5-22(28-23)25-15-12-18/h1-9,12,15,17H,10-11,13-14,16H2,(H,26,27). The van der Waals surface area contributed by atoms with Crippen LogP contribution in [-0.4, -0.2) is 17.4 Å². The number of amides is 1. The number of aliphatic imine (C=N–C) groups is 1. The van der Waals surface area contributed by atoms with E-state index in [0.29, 0.717) is 23.3 Å². The SMILES string of the molecule is O=C(CC1CCC2(CC1)OC1=NC=CC2=CC=CC=C1)Nc1ccc(Cl)cc1. The molecule has 1 aromatic rings. The van der Waals surface area contributed by atoms with Crippen LogP contribution in [0.5, 0.6) is 0 Å². The molecule has 0 unspecified atom stereocenters. The highest BCUT2D eigenvalue weighted by molar-refractivity contribution is 6.30. The van der Waals surface area contributed by atoms with Gasteiger partial charge in [-0.3, -0.25) is 4.79 Å². The van der Waals surface area contributed by atoms with Crippen molar-refractivity contribution in [1.82, 2.24) is 0 Å². The molecule has 1 aliphatic carbocycles. The number of allylic oxidation sites excluding steroid dienone is 4. The van der Waals surface area contributed by atoms with Crippen LogP contribution in [0.25, 0.3) is 0 Å². The molecule has 3 aliphatic rings. The van der Waals surface area contributed by atoms with E-state index in [0.717, 1.165) is 36.9 Å². The van der Waals surface area contributed by atoms with E-state index in [4.69, 9.17) is 16.3 Å². The lowest BCUT2D eigenvalue weighted by molar-refractivity contribution is -0.117. The van der Waals surface area contributed by atoms with Crippen molar-refractivity contribution in [3.8, 4) is 0 Å². The molecule has 2 aliphatic heterocycles. The predicted octanol–water partition coefficient (Wildman–Crippen LogP) is 5.59. The third kappa shape index (κ3) is 4.28. The number of carbonyl (C=O) groups excluding carboxylic acids is 1. The Hall–Kier alpha value is -2.59. The minimum Gasteiger partial charge on any atom is -0.466 e. The van der Waals surface area contributed by atoms with Gasteiger partial charge < -0.3 is 10.1 Å². The van der Waals surface area contributed by atoms with E-state index < -0.39 is 0 Å². The van der Waals surface area contributed by atoms with Crippen molar-refractivity contribution in [3.05, 3.63) is 77.5 Å². The Labute approximate surface area is 170 Å². The number of hydrogen-bond acceptors (Lipinski definition) is 3. The Morgan fingerprint density at radius 2 is 1.93 bits per heavy atom. The largest absolute Gasteiger partial charge is 0.466 e. The summed E-state index contributed by atoms with van der Waals surface area (Å²) in [6.07, 6.45) is 18.0. The van der Waals surface area contributed by atoms with Crippen molar-refractivity contribution in [2.24, 2.45) is 10.9 Å². The quantitative estimate of drug-likeness (QED) is 0.726. The summed E-state index contributed by atoms with van der Waals surface area (Å²) in [4.78, 5) is 16.8. The Morgan fingerprint density at radius 1 is 1.14 bits per heavy atom. The van der Waals surface area contributed by atoms with Crippen molar-refractivity contribution in [1.29, 1.82) is 0 Å². The van der Waals surface area contributed by atoms with Gasteiger partial charge in [0.25, 0.3) is 0 Å². The van der Waals surface area contributed by atoms with Crippen molar-refractivity contribution in [2.45, 2.75) is 37.7 Å². The molecule has 144 valence electrons. The van der Waals surface area contributed by atoms with Crippen molar-refractivity contribution in [2.75, 3.05) is 5.32 Å². The molecule has 1 N–H and O–H groups in total. The number of nitrogens with one attached hydrogen (secondary N) is 1. The summed E-state index contributed by atoms with van der Waals surface area (Å²) in [6, 6.07) is 7.20. The summed E-state index contributed by atoms with van der Waals surface area (Å²) in [5, 5.41) is 3.62. The molecule has 5 heteroatoms. The fraction of sp³-hybridized carbons (Fsp3) is 0.304. The molecule has 1 aromatic carbocycles. The maximum absolute atomic E-state index is 12.4. The zero-order valence-corrected chi connectivity index (χ0v) is 16.4. The fourth-order valence-electron chi connectivity index (χ4n) is 4.02. The van der Waals surface area contributed by atoms with Crippen LogP contribution in [0.2, 0.25) is 5.02 Å². The second kappa shape index (κ2) is 8.19. The van der Waals surface area contributed by atoms with E-state index in [1.807, 2.05) is 48.7 Å². The van der Waals surface area contributed by atoms with E-state index in [1.165, 1.54) is 0 Å². The highest BCUT2D eigenvalue weighted by atomic mass is 35.5. The Bertz CT molecular complexity index is 886. The molecule has 1 fully saturated rings. The number of anilines is 1. The smallest absolute Gasteiger partial charge is 0.224 e. The average molecular weight is 395 g/mol. The number of nitrogens with zero attached hydrogens (tertiary/aromatic N) is 1. The lowest BCUT2D eigenvalue weighted by atomic mass is 9.73. The number of benzene rings is 1. The minimum atomic E-state index is -0.353. The van der Waals surface area contributed by atoms with Crippen LogP contribution in [-0.2, 0) is 9.53 Å². The molecule has 1 saturated carbocycles. The monoisotopic (exact) mass is 394 g/mol. The van der Waals surface area contributed by atoms with Gasteiger partial charge in [-0.1, -0.05) is 35.9 Å². The molecule has 2 bridgehead atoms. The number of hydrogen-bond donors (Lipinski definition) is 1. The second-order valence-electron chi connectivity index (χ2n) is 7.45. The first-order valence-electron chi connectivity index (χ1n) is 9.67. The number of rotatable bonds is 3. The van der Waals surface area contributed by atoms with Gasteiger partial charge in [0.05, 0.1) is 0 Å². The number of ether oxygens (including phenoxy) is 1. The minimum absolute atomic E-state index is 0.0479. The topological polar surface area (TPSA) is 50.7 Å². The van der Waals surface area contributed by atoms with Crippen molar-refractivity contribution in [3.63, 3.8) is 0 Å². The van der Waals surface area contributed by atoms with Gasteiger partial charge in [-0.2, -0.15) is 0 Å². The average Bonchev–Trinajstić information content (AvgIpc) is 2.80. The maximum Gasteiger partial charge on any atom is 0.224 e. The summed E-state index contributed by atoms with van der Waals surface area (Å²) >= 11 is 5.89. The second-order valence-corrected chi connectivity index (χ2v) is 7.88. The molecular formula is C23H23ClN2O2. The van der Waals surface area contributed by atoms with Crippen LogP contribution >= 0.6 is 11.6 Å². The van der Waals surface area contributed by atoms with Crippen LogP contribution < -0.4 is 5.32 Å². The Balaban J connectivity index is 1.39. The van der Waals surface area contributed by atoms with Crippen LogP contribution in [0.4, 0.5) is 5.69 Å². The van der Waals surface area contributed by atoms with Gasteiger partial charge in [0.15, 0.2) is 0 Å². The molecule has 0 saturated heterocycles. The zero-order valence-electron chi connectivity index (χ0n) is 15.6. The highest BCUT2D eigenvalue weighted by Gasteiger charge is 2.41. The van der Waals surface area contributed by atoms with Crippen LogP contribution in [0.3, 0.4) is 0 Å². The van der Waals surface area contributed by atoms with Gasteiger partial charge in [-0.15, -0.1) is 0 Å². The highest BCUT2D eigenvalue weighted by Crippen LogP contribution is 2.43. The number of carbonyl (C=O) groups is 1. The third-order valence-electron chi connectivity index (χ3n) is 5.53. The zero-order chi connectivity index (χ0) is 19.4. The van der Waals surface area contributed by atoms with Crippen molar-refractivity contribution >= 4 is 29.1 Å². The van der Waals surface area contributed by atoms with E-state index in [1.54, 1.807) is 12.1 Å². The van der Waals surface area contributed by atoms with Crippen molar-refractivity contribution < 1.29 is 9.53 Å². The van der Waals surface area contributed by atoms with Gasteiger partial charge in [0.1, 0.15) is 5.60 Å². The van der Waals surface area contributed by atoms with Crippen LogP contribution in [0, 0.1) is 5.92 Å². The van der Waals surface area contributed by atoms with Gasteiger partial charge >= 0.3 is 0 Å². The normalized spacial score (nSPS) is 25.8. The van der Waals surface area contributed by atoms with Gasteiger partial charge in [0, 0.05) is 29.4 Å². The first-order chi connectivity index (χ1) is 13.6. The molecule has 28 heavy (non-hydrogen) atoms. The third-order valence-corrected chi connectivity index (χ3v) is 5.79.